The highest BCUT2D eigenvalue weighted by Crippen LogP contribution is 2.20. The van der Waals surface area contributed by atoms with Crippen molar-refractivity contribution in [1.82, 2.24) is 5.32 Å². The predicted molar refractivity (Wildman–Crippen MR) is 102 cm³/mol. The van der Waals surface area contributed by atoms with Crippen molar-refractivity contribution in [2.24, 2.45) is 5.92 Å². The van der Waals surface area contributed by atoms with E-state index in [4.69, 9.17) is 0 Å². The number of nitrogens with one attached hydrogen (secondary N) is 1. The predicted octanol–water partition coefficient (Wildman–Crippen LogP) is 4.41. The second-order valence-corrected chi connectivity index (χ2v) is 7.62. The van der Waals surface area contributed by atoms with Gasteiger partial charge in [0.1, 0.15) is 5.78 Å². The molecule has 0 aromatic heterocycles. The molecule has 0 aliphatic carbocycles. The maximum absolute atomic E-state index is 12.3. The Morgan fingerprint density at radius 3 is 2.04 bits per heavy atom. The van der Waals surface area contributed by atoms with Crippen LogP contribution in [0.15, 0.2) is 54.6 Å². The van der Waals surface area contributed by atoms with Crippen LogP contribution in [-0.2, 0) is 16.0 Å². The number of carbonyl (C=O) groups excluding carboxylic acids is 2. The molecule has 1 unspecified atom stereocenters. The van der Waals surface area contributed by atoms with Gasteiger partial charge in [-0.1, -0.05) is 61.5 Å². The van der Waals surface area contributed by atoms with Crippen LogP contribution < -0.4 is 5.32 Å². The van der Waals surface area contributed by atoms with E-state index in [0.29, 0.717) is 6.42 Å². The second kappa shape index (κ2) is 8.11. The number of ketones is 1. The highest BCUT2D eigenvalue weighted by atomic mass is 16.2. The first-order valence-electron chi connectivity index (χ1n) is 8.73. The molecule has 0 radical (unpaired) electrons. The van der Waals surface area contributed by atoms with E-state index < -0.39 is 0 Å². The van der Waals surface area contributed by atoms with Crippen LogP contribution in [0.5, 0.6) is 0 Å². The number of hydrogen-bond donors (Lipinski definition) is 1. The summed E-state index contributed by atoms with van der Waals surface area (Å²) >= 11 is 0. The smallest absolute Gasteiger partial charge is 0.223 e. The molecule has 132 valence electrons. The Bertz CT molecular complexity index is 712. The van der Waals surface area contributed by atoms with Gasteiger partial charge in [0.05, 0.1) is 0 Å². The molecule has 3 heteroatoms. The molecule has 0 saturated heterocycles. The zero-order chi connectivity index (χ0) is 18.4. The monoisotopic (exact) mass is 337 g/mol. The highest BCUT2D eigenvalue weighted by molar-refractivity contribution is 5.88. The second-order valence-electron chi connectivity index (χ2n) is 7.62. The van der Waals surface area contributed by atoms with Gasteiger partial charge in [0.15, 0.2) is 0 Å². The lowest BCUT2D eigenvalue weighted by Gasteiger charge is -2.23. The van der Waals surface area contributed by atoms with Gasteiger partial charge in [-0.2, -0.15) is 0 Å². The molecule has 0 fully saturated rings. The summed E-state index contributed by atoms with van der Waals surface area (Å²) in [7, 11) is 0. The zero-order valence-electron chi connectivity index (χ0n) is 15.5. The molecular formula is C22H27NO2. The Kier molecular flexibility index (Phi) is 6.13. The van der Waals surface area contributed by atoms with Crippen molar-refractivity contribution in [3.8, 4) is 11.1 Å². The minimum atomic E-state index is -0.310. The van der Waals surface area contributed by atoms with Crippen molar-refractivity contribution >= 4 is 11.7 Å². The Morgan fingerprint density at radius 2 is 1.48 bits per heavy atom. The van der Waals surface area contributed by atoms with Crippen LogP contribution >= 0.6 is 0 Å². The third-order valence-corrected chi connectivity index (χ3v) is 3.94. The standard InChI is InChI=1S/C22H27NO2/c1-16(21(25)23-22(2,3)4)14-20(24)15-17-10-12-19(13-11-17)18-8-6-5-7-9-18/h5-13,16H,14-15H2,1-4H3,(H,23,25). The van der Waals surface area contributed by atoms with Crippen LogP contribution in [0.4, 0.5) is 0 Å². The van der Waals surface area contributed by atoms with Crippen molar-refractivity contribution < 1.29 is 9.59 Å². The lowest BCUT2D eigenvalue weighted by atomic mass is 9.96. The third kappa shape index (κ3) is 6.18. The van der Waals surface area contributed by atoms with Gasteiger partial charge in [-0.25, -0.2) is 0 Å². The lowest BCUT2D eigenvalue weighted by molar-refractivity contribution is -0.129. The van der Waals surface area contributed by atoms with Gasteiger partial charge < -0.3 is 5.32 Å². The largest absolute Gasteiger partial charge is 0.351 e. The summed E-state index contributed by atoms with van der Waals surface area (Å²) in [5, 5.41) is 2.92. The summed E-state index contributed by atoms with van der Waals surface area (Å²) in [6.07, 6.45) is 0.630. The van der Waals surface area contributed by atoms with Crippen molar-refractivity contribution in [3.05, 3.63) is 60.2 Å². The summed E-state index contributed by atoms with van der Waals surface area (Å²) in [4.78, 5) is 24.4. The van der Waals surface area contributed by atoms with Crippen molar-refractivity contribution in [1.29, 1.82) is 0 Å². The van der Waals surface area contributed by atoms with Gasteiger partial charge in [-0.05, 0) is 37.5 Å². The maximum atomic E-state index is 12.3. The van der Waals surface area contributed by atoms with Gasteiger partial charge in [0, 0.05) is 24.3 Å². The zero-order valence-corrected chi connectivity index (χ0v) is 15.5. The first kappa shape index (κ1) is 18.9. The van der Waals surface area contributed by atoms with Crippen LogP contribution in [0.2, 0.25) is 0 Å². The Balaban J connectivity index is 1.91. The molecule has 3 nitrogen and oxygen atoms in total. The van der Waals surface area contributed by atoms with Crippen LogP contribution in [0.25, 0.3) is 11.1 Å². The molecule has 0 aliphatic rings. The maximum Gasteiger partial charge on any atom is 0.223 e. The summed E-state index contributed by atoms with van der Waals surface area (Å²) in [5.41, 5.74) is 3.00. The van der Waals surface area contributed by atoms with Crippen LogP contribution in [0.1, 0.15) is 39.7 Å². The summed E-state index contributed by atoms with van der Waals surface area (Å²) < 4.78 is 0. The van der Waals surface area contributed by atoms with E-state index in [0.717, 1.165) is 16.7 Å². The average molecular weight is 337 g/mol. The molecule has 25 heavy (non-hydrogen) atoms. The summed E-state index contributed by atoms with van der Waals surface area (Å²) in [6.45, 7) is 7.62. The van der Waals surface area contributed by atoms with E-state index in [-0.39, 0.29) is 29.6 Å². The number of carbonyl (C=O) groups is 2. The molecule has 2 rings (SSSR count). The molecule has 2 aromatic carbocycles. The molecule has 1 atom stereocenters. The highest BCUT2D eigenvalue weighted by Gasteiger charge is 2.21. The van der Waals surface area contributed by atoms with E-state index in [1.807, 2.05) is 63.2 Å². The number of amides is 1. The summed E-state index contributed by atoms with van der Waals surface area (Å²) in [6, 6.07) is 18.2. The number of rotatable bonds is 6. The SMILES string of the molecule is CC(CC(=O)Cc1ccc(-c2ccccc2)cc1)C(=O)NC(C)(C)C. The molecule has 0 spiro atoms. The Hall–Kier alpha value is -2.42. The van der Waals surface area contributed by atoms with Crippen molar-refractivity contribution in [3.63, 3.8) is 0 Å². The fraction of sp³-hybridized carbons (Fsp3) is 0.364. The van der Waals surface area contributed by atoms with Crippen molar-refractivity contribution in [2.75, 3.05) is 0 Å². The van der Waals surface area contributed by atoms with Crippen molar-refractivity contribution in [2.45, 2.75) is 46.1 Å². The number of Topliss-reactive ketones (excluding diaryl/α,β-unsaturated/α-hetero) is 1. The van der Waals surface area contributed by atoms with Crippen LogP contribution in [0, 0.1) is 5.92 Å². The topological polar surface area (TPSA) is 46.2 Å². The van der Waals surface area contributed by atoms with E-state index in [1.165, 1.54) is 0 Å². The molecule has 2 aromatic rings. The molecular weight excluding hydrogens is 310 g/mol. The lowest BCUT2D eigenvalue weighted by Crippen LogP contribution is -2.43. The summed E-state index contributed by atoms with van der Waals surface area (Å²) in [5.74, 6) is -0.292. The van der Waals surface area contributed by atoms with Gasteiger partial charge >= 0.3 is 0 Å². The first-order valence-corrected chi connectivity index (χ1v) is 8.73. The fourth-order valence-corrected chi connectivity index (χ4v) is 2.67. The third-order valence-electron chi connectivity index (χ3n) is 3.94. The van der Waals surface area contributed by atoms with Gasteiger partial charge in [0.25, 0.3) is 0 Å². The average Bonchev–Trinajstić information content (AvgIpc) is 2.54. The molecule has 0 saturated carbocycles. The van der Waals surface area contributed by atoms with Gasteiger partial charge in [-0.3, -0.25) is 9.59 Å². The minimum Gasteiger partial charge on any atom is -0.351 e. The first-order chi connectivity index (χ1) is 11.7. The Labute approximate surface area is 150 Å². The van der Waals surface area contributed by atoms with E-state index >= 15 is 0 Å². The van der Waals surface area contributed by atoms with Gasteiger partial charge in [-0.15, -0.1) is 0 Å². The minimum absolute atomic E-state index is 0.0692. The normalized spacial score (nSPS) is 12.5. The molecule has 0 bridgehead atoms. The molecule has 1 amide bonds. The number of benzene rings is 2. The Morgan fingerprint density at radius 1 is 0.920 bits per heavy atom. The van der Waals surface area contributed by atoms with Gasteiger partial charge in [0.2, 0.25) is 5.91 Å². The quantitative estimate of drug-likeness (QED) is 0.849. The molecule has 0 aliphatic heterocycles. The fourth-order valence-electron chi connectivity index (χ4n) is 2.67. The van der Waals surface area contributed by atoms with E-state index in [1.54, 1.807) is 6.92 Å². The van der Waals surface area contributed by atoms with E-state index in [9.17, 15) is 9.59 Å². The number of hydrogen-bond acceptors (Lipinski definition) is 2. The van der Waals surface area contributed by atoms with Crippen LogP contribution in [0.3, 0.4) is 0 Å². The molecule has 1 N–H and O–H groups in total. The van der Waals surface area contributed by atoms with E-state index in [2.05, 4.69) is 17.4 Å². The molecule has 0 heterocycles. The van der Waals surface area contributed by atoms with Crippen LogP contribution in [-0.4, -0.2) is 17.2 Å².